The molecule has 2 N–H and O–H groups in total. The van der Waals surface area contributed by atoms with E-state index in [9.17, 15) is 22.8 Å². The Hall–Kier alpha value is -1.27. The zero-order valence-corrected chi connectivity index (χ0v) is 6.97. The molecule has 0 unspecified atom stereocenters. The summed E-state index contributed by atoms with van der Waals surface area (Å²) in [6, 6.07) is -1.91. The van der Waals surface area contributed by atoms with Crippen LogP contribution in [0.3, 0.4) is 0 Å². The number of amides is 1. The van der Waals surface area contributed by atoms with E-state index in [1.165, 1.54) is 0 Å². The van der Waals surface area contributed by atoms with Crippen LogP contribution in [0.1, 0.15) is 12.8 Å². The van der Waals surface area contributed by atoms with E-state index < -0.39 is 30.0 Å². The lowest BCUT2D eigenvalue weighted by atomic mass is 9.94. The number of nitrogens with one attached hydrogen (secondary N) is 1. The third-order valence-electron chi connectivity index (χ3n) is 2.07. The summed E-state index contributed by atoms with van der Waals surface area (Å²) in [6.07, 6.45) is -5.16. The maximum Gasteiger partial charge on any atom is 0.408 e. The number of rotatable bonds is 1. The summed E-state index contributed by atoms with van der Waals surface area (Å²) in [7, 11) is 0. The highest BCUT2D eigenvalue weighted by atomic mass is 19.4. The molecule has 1 heterocycles. The predicted molar refractivity (Wildman–Crippen MR) is 38.3 cm³/mol. The lowest BCUT2D eigenvalue weighted by Gasteiger charge is -2.28. The first-order valence-corrected chi connectivity index (χ1v) is 3.92. The summed E-state index contributed by atoms with van der Waals surface area (Å²) >= 11 is 0. The molecule has 1 saturated heterocycles. The number of alkyl halides is 3. The largest absolute Gasteiger partial charge is 0.481 e. The molecule has 0 aliphatic carbocycles. The molecule has 2 atom stereocenters. The lowest BCUT2D eigenvalue weighted by molar-refractivity contribution is -0.173. The maximum absolute atomic E-state index is 12.1. The predicted octanol–water partition coefficient (Wildman–Crippen LogP) is 0.528. The number of carboxylic acids is 1. The van der Waals surface area contributed by atoms with Crippen LogP contribution < -0.4 is 5.32 Å². The number of halogens is 3. The first-order valence-electron chi connectivity index (χ1n) is 3.92. The lowest BCUT2D eigenvalue weighted by Crippen LogP contribution is -2.52. The van der Waals surface area contributed by atoms with E-state index in [1.54, 1.807) is 5.32 Å². The first kappa shape index (κ1) is 10.8. The SMILES string of the molecule is O=C(O)[C@H]1CC[C@H](C(F)(F)F)NC1=O. The average Bonchev–Trinajstić information content (AvgIpc) is 2.01. The topological polar surface area (TPSA) is 66.4 Å². The van der Waals surface area contributed by atoms with Gasteiger partial charge in [0.15, 0.2) is 0 Å². The van der Waals surface area contributed by atoms with Crippen LogP contribution >= 0.6 is 0 Å². The van der Waals surface area contributed by atoms with Crippen molar-refractivity contribution in [2.24, 2.45) is 5.92 Å². The Morgan fingerprint density at radius 2 is 2.00 bits per heavy atom. The smallest absolute Gasteiger partial charge is 0.408 e. The number of hydrogen-bond donors (Lipinski definition) is 2. The number of carbonyl (C=O) groups is 2. The van der Waals surface area contributed by atoms with Gasteiger partial charge in [0.1, 0.15) is 12.0 Å². The maximum atomic E-state index is 12.1. The zero-order valence-electron chi connectivity index (χ0n) is 6.97. The van der Waals surface area contributed by atoms with Crippen molar-refractivity contribution in [2.75, 3.05) is 0 Å². The van der Waals surface area contributed by atoms with Crippen molar-refractivity contribution in [3.63, 3.8) is 0 Å². The molecule has 14 heavy (non-hydrogen) atoms. The summed E-state index contributed by atoms with van der Waals surface area (Å²) in [6.45, 7) is 0. The minimum absolute atomic E-state index is 0.272. The van der Waals surface area contributed by atoms with Gasteiger partial charge in [-0.2, -0.15) is 13.2 Å². The van der Waals surface area contributed by atoms with Gasteiger partial charge < -0.3 is 10.4 Å². The highest BCUT2D eigenvalue weighted by Crippen LogP contribution is 2.28. The van der Waals surface area contributed by atoms with Crippen molar-refractivity contribution < 1.29 is 27.9 Å². The van der Waals surface area contributed by atoms with Gasteiger partial charge in [-0.05, 0) is 12.8 Å². The third-order valence-corrected chi connectivity index (χ3v) is 2.07. The number of carbonyl (C=O) groups excluding carboxylic acids is 1. The van der Waals surface area contributed by atoms with Gasteiger partial charge in [0.05, 0.1) is 0 Å². The van der Waals surface area contributed by atoms with Crippen molar-refractivity contribution in [1.29, 1.82) is 0 Å². The molecule has 0 bridgehead atoms. The molecular weight excluding hydrogens is 203 g/mol. The van der Waals surface area contributed by atoms with Crippen molar-refractivity contribution in [2.45, 2.75) is 25.1 Å². The van der Waals surface area contributed by atoms with Crippen LogP contribution in [0, 0.1) is 5.92 Å². The standard InChI is InChI=1S/C7H8F3NO3/c8-7(9,10)4-2-1-3(6(13)14)5(12)11-4/h3-4H,1-2H2,(H,11,12)(H,13,14)/t3-,4+/m0/s1. The Morgan fingerprint density at radius 1 is 1.43 bits per heavy atom. The van der Waals surface area contributed by atoms with E-state index in [4.69, 9.17) is 5.11 Å². The first-order chi connectivity index (χ1) is 6.32. The number of aliphatic carboxylic acids is 1. The Bertz CT molecular complexity index is 263. The normalized spacial score (nSPS) is 28.4. The summed E-state index contributed by atoms with van der Waals surface area (Å²) in [5.41, 5.74) is 0. The van der Waals surface area contributed by atoms with Gasteiger partial charge in [0.25, 0.3) is 0 Å². The highest BCUT2D eigenvalue weighted by molar-refractivity contribution is 5.97. The van der Waals surface area contributed by atoms with Gasteiger partial charge in [-0.3, -0.25) is 9.59 Å². The van der Waals surface area contributed by atoms with Crippen molar-refractivity contribution in [3.8, 4) is 0 Å². The van der Waals surface area contributed by atoms with Gasteiger partial charge in [-0.25, -0.2) is 0 Å². The molecule has 1 fully saturated rings. The summed E-state index contributed by atoms with van der Waals surface area (Å²) in [4.78, 5) is 21.3. The Morgan fingerprint density at radius 3 is 2.36 bits per heavy atom. The molecule has 1 amide bonds. The molecule has 1 aliphatic heterocycles. The quantitative estimate of drug-likeness (QED) is 0.621. The van der Waals surface area contributed by atoms with Gasteiger partial charge in [0, 0.05) is 0 Å². The van der Waals surface area contributed by atoms with Gasteiger partial charge in [-0.1, -0.05) is 0 Å². The molecule has 0 aromatic heterocycles. The molecule has 4 nitrogen and oxygen atoms in total. The van der Waals surface area contributed by atoms with Gasteiger partial charge >= 0.3 is 12.1 Å². The summed E-state index contributed by atoms with van der Waals surface area (Å²) < 4.78 is 36.2. The van der Waals surface area contributed by atoms with E-state index in [-0.39, 0.29) is 12.8 Å². The van der Waals surface area contributed by atoms with E-state index in [1.807, 2.05) is 0 Å². The van der Waals surface area contributed by atoms with Gasteiger partial charge in [0.2, 0.25) is 5.91 Å². The minimum atomic E-state index is -4.50. The molecule has 0 radical (unpaired) electrons. The molecule has 1 rings (SSSR count). The molecule has 80 valence electrons. The number of hydrogen-bond acceptors (Lipinski definition) is 2. The Labute approximate surface area is 77.1 Å². The van der Waals surface area contributed by atoms with Crippen molar-refractivity contribution >= 4 is 11.9 Å². The third kappa shape index (κ3) is 2.15. The van der Waals surface area contributed by atoms with Crippen LogP contribution in [0.25, 0.3) is 0 Å². The van der Waals surface area contributed by atoms with Crippen molar-refractivity contribution in [1.82, 2.24) is 5.32 Å². The fraction of sp³-hybridized carbons (Fsp3) is 0.714. The number of piperidine rings is 1. The molecule has 1 aliphatic rings. The van der Waals surface area contributed by atoms with E-state index in [0.29, 0.717) is 0 Å². The van der Waals surface area contributed by atoms with Crippen molar-refractivity contribution in [3.05, 3.63) is 0 Å². The van der Waals surface area contributed by atoms with Crippen LogP contribution in [-0.2, 0) is 9.59 Å². The monoisotopic (exact) mass is 211 g/mol. The molecule has 7 heteroatoms. The molecule has 0 aromatic rings. The highest BCUT2D eigenvalue weighted by Gasteiger charge is 2.45. The second-order valence-electron chi connectivity index (χ2n) is 3.07. The Kier molecular flexibility index (Phi) is 2.68. The molecule has 0 aromatic carbocycles. The van der Waals surface area contributed by atoms with Crippen LogP contribution in [0.2, 0.25) is 0 Å². The molecule has 0 spiro atoms. The van der Waals surface area contributed by atoms with E-state index in [0.717, 1.165) is 0 Å². The van der Waals surface area contributed by atoms with Crippen LogP contribution in [0.4, 0.5) is 13.2 Å². The minimum Gasteiger partial charge on any atom is -0.481 e. The Balaban J connectivity index is 2.65. The molecule has 0 saturated carbocycles. The van der Waals surface area contributed by atoms with E-state index in [2.05, 4.69) is 0 Å². The second kappa shape index (κ2) is 3.47. The number of carboxylic acid groups (broad SMARTS) is 1. The fourth-order valence-electron chi connectivity index (χ4n) is 1.29. The summed E-state index contributed by atoms with van der Waals surface area (Å²) in [5.74, 6) is -3.80. The van der Waals surface area contributed by atoms with E-state index >= 15 is 0 Å². The summed E-state index contributed by atoms with van der Waals surface area (Å²) in [5, 5.41) is 10.1. The van der Waals surface area contributed by atoms with Crippen LogP contribution in [0.5, 0.6) is 0 Å². The second-order valence-corrected chi connectivity index (χ2v) is 3.07. The zero-order chi connectivity index (χ0) is 10.9. The molecular formula is C7H8F3NO3. The van der Waals surface area contributed by atoms with Crippen LogP contribution in [0.15, 0.2) is 0 Å². The average molecular weight is 211 g/mol. The van der Waals surface area contributed by atoms with Crippen LogP contribution in [-0.4, -0.2) is 29.2 Å². The fourth-order valence-corrected chi connectivity index (χ4v) is 1.29. The van der Waals surface area contributed by atoms with Gasteiger partial charge in [-0.15, -0.1) is 0 Å².